The summed E-state index contributed by atoms with van der Waals surface area (Å²) in [6.45, 7) is 1.84. The Morgan fingerprint density at radius 3 is 2.28 bits per heavy atom. The van der Waals surface area contributed by atoms with Crippen LogP contribution in [0.4, 0.5) is 0 Å². The molecule has 0 fully saturated rings. The second kappa shape index (κ2) is 7.92. The molecule has 1 N–H and O–H groups in total. The Hall–Kier alpha value is -2.17. The van der Waals surface area contributed by atoms with Gasteiger partial charge in [0.15, 0.2) is 5.03 Å². The smallest absolute Gasteiger partial charge is 0.335 e. The van der Waals surface area contributed by atoms with Crippen molar-refractivity contribution in [3.63, 3.8) is 0 Å². The van der Waals surface area contributed by atoms with Crippen LogP contribution in [-0.4, -0.2) is 38.8 Å². The van der Waals surface area contributed by atoms with Crippen molar-refractivity contribution in [2.75, 3.05) is 6.54 Å². The Bertz CT molecular complexity index is 1200. The third-order valence-electron chi connectivity index (χ3n) is 4.49. The number of benzene rings is 2. The van der Waals surface area contributed by atoms with Crippen LogP contribution in [0.3, 0.4) is 0 Å². The van der Waals surface area contributed by atoms with E-state index in [1.807, 2.05) is 6.92 Å². The number of halogens is 1. The summed E-state index contributed by atoms with van der Waals surface area (Å²) in [6.07, 6.45) is 1.10. The first-order valence-electron chi connectivity index (χ1n) is 8.72. The molecule has 0 amide bonds. The highest BCUT2D eigenvalue weighted by Gasteiger charge is 2.42. The van der Waals surface area contributed by atoms with Crippen molar-refractivity contribution in [2.24, 2.45) is 0 Å². The number of rotatable bonds is 7. The number of carboxylic acids is 1. The summed E-state index contributed by atoms with van der Waals surface area (Å²) in [5, 5.41) is 8.70. The third kappa shape index (κ3) is 3.72. The normalized spacial score (nSPS) is 15.2. The minimum atomic E-state index is -4.25. The molecule has 154 valence electrons. The van der Waals surface area contributed by atoms with Gasteiger partial charge in [-0.3, -0.25) is 4.31 Å². The topological polar surface area (TPSA) is 109 Å². The lowest BCUT2D eigenvalue weighted by Crippen LogP contribution is -2.34. The van der Waals surface area contributed by atoms with Crippen molar-refractivity contribution < 1.29 is 26.7 Å². The summed E-state index contributed by atoms with van der Waals surface area (Å²) < 4.78 is 54.1. The fourth-order valence-electron chi connectivity index (χ4n) is 2.99. The molecule has 0 bridgehead atoms. The van der Waals surface area contributed by atoms with E-state index in [9.17, 15) is 21.6 Å². The Labute approximate surface area is 177 Å². The molecule has 1 heterocycles. The van der Waals surface area contributed by atoms with Gasteiger partial charge in [0.05, 0.1) is 19.8 Å². The minimum Gasteiger partial charge on any atom is -0.478 e. The fourth-order valence-corrected chi connectivity index (χ4v) is 8.07. The lowest BCUT2D eigenvalue weighted by atomic mass is 10.2. The molecular formula is C19H18BrNO6S2. The maximum atomic E-state index is 13.3. The van der Waals surface area contributed by atoms with E-state index in [0.29, 0.717) is 18.4 Å². The van der Waals surface area contributed by atoms with E-state index in [0.717, 1.165) is 4.31 Å². The van der Waals surface area contributed by atoms with Gasteiger partial charge in [0, 0.05) is 12.1 Å². The Morgan fingerprint density at radius 1 is 1.10 bits per heavy atom. The van der Waals surface area contributed by atoms with Crippen LogP contribution < -0.4 is 0 Å². The quantitative estimate of drug-likeness (QED) is 0.622. The minimum absolute atomic E-state index is 0.0306. The number of nitrogens with zero attached hydrogens (tertiary/aromatic N) is 1. The van der Waals surface area contributed by atoms with Crippen LogP contribution in [-0.2, 0) is 19.9 Å². The van der Waals surface area contributed by atoms with Gasteiger partial charge in [0.1, 0.15) is 0 Å². The summed E-state index contributed by atoms with van der Waals surface area (Å²) in [7, 11) is -8.30. The lowest BCUT2D eigenvalue weighted by molar-refractivity contribution is 0.0696. The van der Waals surface area contributed by atoms with Gasteiger partial charge < -0.3 is 5.11 Å². The van der Waals surface area contributed by atoms with E-state index in [2.05, 4.69) is 15.9 Å². The maximum absolute atomic E-state index is 13.3. The van der Waals surface area contributed by atoms with Crippen molar-refractivity contribution in [2.45, 2.75) is 29.6 Å². The van der Waals surface area contributed by atoms with E-state index in [-0.39, 0.29) is 31.4 Å². The molecule has 2 aromatic carbocycles. The highest BCUT2D eigenvalue weighted by atomic mass is 79.9. The second-order valence-corrected chi connectivity index (χ2v) is 10.9. The van der Waals surface area contributed by atoms with Gasteiger partial charge >= 0.3 is 5.97 Å². The molecule has 1 aliphatic heterocycles. The largest absolute Gasteiger partial charge is 0.478 e. The van der Waals surface area contributed by atoms with Gasteiger partial charge in [-0.1, -0.05) is 31.5 Å². The molecule has 10 heteroatoms. The molecule has 1 aliphatic rings. The number of unbranched alkanes of at least 4 members (excludes halogenated alkanes) is 1. The van der Waals surface area contributed by atoms with Gasteiger partial charge in [0.2, 0.25) is 9.84 Å². The van der Waals surface area contributed by atoms with E-state index < -0.39 is 25.8 Å². The number of carbonyl (C=O) groups is 1. The molecule has 0 radical (unpaired) electrons. The van der Waals surface area contributed by atoms with Crippen molar-refractivity contribution >= 4 is 46.2 Å². The van der Waals surface area contributed by atoms with Crippen molar-refractivity contribution in [3.8, 4) is 0 Å². The summed E-state index contributed by atoms with van der Waals surface area (Å²) in [5.41, 5.74) is 0.339. The van der Waals surface area contributed by atoms with Crippen molar-refractivity contribution in [1.82, 2.24) is 4.31 Å². The molecule has 2 aromatic rings. The summed E-state index contributed by atoms with van der Waals surface area (Å²) >= 11 is 3.28. The molecule has 0 saturated carbocycles. The molecule has 0 unspecified atom stereocenters. The summed E-state index contributed by atoms with van der Waals surface area (Å²) in [4.78, 5) is 10.9. The first-order chi connectivity index (χ1) is 13.6. The fraction of sp³-hybridized carbons (Fsp3) is 0.211. The summed E-state index contributed by atoms with van der Waals surface area (Å²) in [5.74, 6) is -1.18. The number of hydrogen-bond acceptors (Lipinski definition) is 5. The molecule has 7 nitrogen and oxygen atoms in total. The number of sulfone groups is 1. The zero-order valence-electron chi connectivity index (χ0n) is 15.4. The SMILES string of the molecule is CCCCN(C1=C(Br)c2ccccc2S1(=O)=O)S(=O)(=O)c1ccc(C(=O)O)cc1. The summed E-state index contributed by atoms with van der Waals surface area (Å²) in [6, 6.07) is 11.0. The molecule has 0 saturated heterocycles. The first kappa shape index (κ1) is 21.5. The number of hydrogen-bond donors (Lipinski definition) is 1. The zero-order valence-corrected chi connectivity index (χ0v) is 18.6. The van der Waals surface area contributed by atoms with Crippen LogP contribution in [0.2, 0.25) is 0 Å². The Morgan fingerprint density at radius 2 is 1.72 bits per heavy atom. The Balaban J connectivity index is 2.16. The molecular weight excluding hydrogens is 482 g/mol. The number of sulfonamides is 1. The van der Waals surface area contributed by atoms with Crippen molar-refractivity contribution in [1.29, 1.82) is 0 Å². The van der Waals surface area contributed by atoms with Gasteiger partial charge in [-0.15, -0.1) is 0 Å². The average Bonchev–Trinajstić information content (AvgIpc) is 2.89. The van der Waals surface area contributed by atoms with Crippen molar-refractivity contribution in [3.05, 3.63) is 64.7 Å². The van der Waals surface area contributed by atoms with Gasteiger partial charge in [-0.25, -0.2) is 21.6 Å². The van der Waals surface area contributed by atoms with Crippen LogP contribution in [0, 0.1) is 0 Å². The number of fused-ring (bicyclic) bond motifs is 1. The van der Waals surface area contributed by atoms with Crippen LogP contribution in [0.25, 0.3) is 4.48 Å². The van der Waals surface area contributed by atoms with Gasteiger partial charge in [-0.2, -0.15) is 0 Å². The number of carboxylic acid groups (broad SMARTS) is 1. The van der Waals surface area contributed by atoms with Crippen LogP contribution >= 0.6 is 15.9 Å². The molecule has 3 rings (SSSR count). The van der Waals surface area contributed by atoms with E-state index in [1.54, 1.807) is 18.2 Å². The predicted molar refractivity (Wildman–Crippen MR) is 112 cm³/mol. The van der Waals surface area contributed by atoms with Crippen LogP contribution in [0.5, 0.6) is 0 Å². The molecule has 0 spiro atoms. The standard InChI is InChI=1S/C19H18BrNO6S2/c1-2-3-12-21(29(26,27)14-10-8-13(9-11-14)19(22)23)18-17(20)15-6-4-5-7-16(15)28(18,24)25/h4-11H,2-3,12H2,1H3,(H,22,23). The van der Waals surface area contributed by atoms with E-state index >= 15 is 0 Å². The predicted octanol–water partition coefficient (Wildman–Crippen LogP) is 3.68. The maximum Gasteiger partial charge on any atom is 0.335 e. The molecule has 0 aliphatic carbocycles. The van der Waals surface area contributed by atoms with E-state index in [1.165, 1.54) is 30.3 Å². The average molecular weight is 500 g/mol. The first-order valence-corrected chi connectivity index (χ1v) is 12.4. The number of aromatic carboxylic acids is 1. The molecule has 29 heavy (non-hydrogen) atoms. The van der Waals surface area contributed by atoms with E-state index in [4.69, 9.17) is 5.11 Å². The Kier molecular flexibility index (Phi) is 5.88. The van der Waals surface area contributed by atoms with Gasteiger partial charge in [-0.05, 0) is 52.7 Å². The van der Waals surface area contributed by atoms with Crippen LogP contribution in [0.1, 0.15) is 35.7 Å². The lowest BCUT2D eigenvalue weighted by Gasteiger charge is -2.25. The zero-order chi connectivity index (χ0) is 21.4. The molecule has 0 aromatic heterocycles. The highest BCUT2D eigenvalue weighted by molar-refractivity contribution is 9.15. The second-order valence-electron chi connectivity index (χ2n) is 6.38. The molecule has 0 atom stereocenters. The van der Waals surface area contributed by atoms with Gasteiger partial charge in [0.25, 0.3) is 10.0 Å². The monoisotopic (exact) mass is 499 g/mol. The van der Waals surface area contributed by atoms with Crippen LogP contribution in [0.15, 0.2) is 63.4 Å². The highest BCUT2D eigenvalue weighted by Crippen LogP contribution is 2.45. The third-order valence-corrected chi connectivity index (χ3v) is 9.35.